The van der Waals surface area contributed by atoms with Crippen molar-refractivity contribution < 1.29 is 39.9 Å². The summed E-state index contributed by atoms with van der Waals surface area (Å²) in [6.45, 7) is 2.28. The maximum absolute atomic E-state index is 14.7. The third-order valence-electron chi connectivity index (χ3n) is 7.83. The van der Waals surface area contributed by atoms with Crippen LogP contribution in [0.2, 0.25) is 0 Å². The van der Waals surface area contributed by atoms with Crippen LogP contribution in [0.3, 0.4) is 0 Å². The van der Waals surface area contributed by atoms with Crippen molar-refractivity contribution in [3.63, 3.8) is 0 Å². The first-order valence-electron chi connectivity index (χ1n) is 12.3. The largest absolute Gasteiger partial charge is 0.427 e. The summed E-state index contributed by atoms with van der Waals surface area (Å²) in [7, 11) is 0. The van der Waals surface area contributed by atoms with Gasteiger partial charge in [0.1, 0.15) is 17.2 Å². The maximum Gasteiger partial charge on any atom is 0.427 e. The molecule has 0 radical (unpaired) electrons. The fourth-order valence-electron chi connectivity index (χ4n) is 5.74. The van der Waals surface area contributed by atoms with Crippen molar-refractivity contribution in [2.24, 2.45) is 17.8 Å². The van der Waals surface area contributed by atoms with Gasteiger partial charge in [-0.3, -0.25) is 0 Å². The number of benzene rings is 2. The lowest BCUT2D eigenvalue weighted by molar-refractivity contribution is -0.187. The molecule has 2 aliphatic carbocycles. The average molecular weight is 521 g/mol. The molecule has 2 aromatic carbocycles. The summed E-state index contributed by atoms with van der Waals surface area (Å²) < 4.78 is 114. The van der Waals surface area contributed by atoms with Crippen LogP contribution in [0.5, 0.6) is 5.75 Å². The molecule has 0 bridgehead atoms. The molecule has 0 N–H and O–H groups in total. The van der Waals surface area contributed by atoms with Gasteiger partial charge in [-0.15, -0.1) is 0 Å². The molecule has 0 spiro atoms. The zero-order chi connectivity index (χ0) is 26.3. The number of alkyl halides is 5. The fourth-order valence-corrected chi connectivity index (χ4v) is 5.74. The van der Waals surface area contributed by atoms with Gasteiger partial charge in [0.05, 0.1) is 5.56 Å². The highest BCUT2D eigenvalue weighted by Crippen LogP contribution is 2.45. The smallest absolute Gasteiger partial charge is 0.426 e. The molecule has 0 saturated heterocycles. The number of hydrogen-bond acceptors (Lipinski definition) is 1. The van der Waals surface area contributed by atoms with Crippen molar-refractivity contribution in [2.45, 2.75) is 76.5 Å². The van der Waals surface area contributed by atoms with Crippen molar-refractivity contribution in [1.82, 2.24) is 0 Å². The number of rotatable bonds is 5. The molecule has 0 heterocycles. The van der Waals surface area contributed by atoms with Crippen molar-refractivity contribution >= 4 is 0 Å². The van der Waals surface area contributed by atoms with Crippen LogP contribution in [0.25, 0.3) is 0 Å². The number of halogens is 8. The van der Waals surface area contributed by atoms with Gasteiger partial charge in [-0.05, 0) is 92.0 Å². The molecule has 9 heteroatoms. The van der Waals surface area contributed by atoms with E-state index in [-0.39, 0.29) is 18.1 Å². The molecule has 4 rings (SSSR count). The first kappa shape index (κ1) is 26.7. The predicted molar refractivity (Wildman–Crippen MR) is 118 cm³/mol. The molecule has 2 fully saturated rings. The highest BCUT2D eigenvalue weighted by atomic mass is 19.4. The molecular formula is C27H28F8O. The van der Waals surface area contributed by atoms with Gasteiger partial charge in [-0.1, -0.05) is 25.8 Å². The Morgan fingerprint density at radius 2 is 1.22 bits per heavy atom. The third kappa shape index (κ3) is 5.80. The van der Waals surface area contributed by atoms with Crippen LogP contribution in [0.1, 0.15) is 80.9 Å². The highest BCUT2D eigenvalue weighted by molar-refractivity contribution is 5.34. The zero-order valence-electron chi connectivity index (χ0n) is 19.8. The SMILES string of the molecule is CC1CCC(C2CCC(c3ccc(OC(F)(F)c4cc(F)c(C(F)(F)F)c(F)c4)c(F)c3)CC2)CC1. The molecule has 2 aromatic rings. The van der Waals surface area contributed by atoms with Crippen LogP contribution in [0.15, 0.2) is 30.3 Å². The van der Waals surface area contributed by atoms with Crippen LogP contribution < -0.4 is 4.74 Å². The van der Waals surface area contributed by atoms with Crippen LogP contribution in [-0.4, -0.2) is 0 Å². The fraction of sp³-hybridized carbons (Fsp3) is 0.556. The molecule has 0 atom stereocenters. The summed E-state index contributed by atoms with van der Waals surface area (Å²) in [6, 6.07) is 3.29. The molecule has 0 aromatic heterocycles. The summed E-state index contributed by atoms with van der Waals surface area (Å²) in [5, 5.41) is 0. The summed E-state index contributed by atoms with van der Waals surface area (Å²) in [5.74, 6) is -4.11. The molecule has 1 nitrogen and oxygen atoms in total. The van der Waals surface area contributed by atoms with Gasteiger partial charge in [0, 0.05) is 0 Å². The quantitative estimate of drug-likeness (QED) is 0.357. The Hall–Kier alpha value is -2.32. The van der Waals surface area contributed by atoms with Crippen molar-refractivity contribution in [2.75, 3.05) is 0 Å². The minimum absolute atomic E-state index is 0.0888. The van der Waals surface area contributed by atoms with Crippen molar-refractivity contribution in [3.05, 3.63) is 64.5 Å². The normalized spacial score (nSPS) is 25.6. The van der Waals surface area contributed by atoms with Gasteiger partial charge >= 0.3 is 12.3 Å². The maximum atomic E-state index is 14.7. The molecule has 2 saturated carbocycles. The van der Waals surface area contributed by atoms with Gasteiger partial charge in [-0.25, -0.2) is 13.2 Å². The standard InChI is InChI=1S/C27H28F8O/c1-15-2-4-16(5-3-15)17-6-8-18(9-7-17)19-10-11-24(21(28)12-19)36-27(34,35)20-13-22(29)25(23(30)14-20)26(31,32)33/h10-18H,2-9H2,1H3. The Labute approximate surface area is 204 Å². The molecular weight excluding hydrogens is 492 g/mol. The van der Waals surface area contributed by atoms with E-state index in [0.717, 1.165) is 49.7 Å². The van der Waals surface area contributed by atoms with Crippen LogP contribution in [-0.2, 0) is 12.3 Å². The molecule has 0 unspecified atom stereocenters. The zero-order valence-corrected chi connectivity index (χ0v) is 19.8. The van der Waals surface area contributed by atoms with E-state index in [9.17, 15) is 35.1 Å². The van der Waals surface area contributed by atoms with Gasteiger partial charge < -0.3 is 4.74 Å². The summed E-state index contributed by atoms with van der Waals surface area (Å²) >= 11 is 0. The molecule has 0 aliphatic heterocycles. The molecule has 36 heavy (non-hydrogen) atoms. The minimum atomic E-state index is -5.40. The van der Waals surface area contributed by atoms with E-state index in [0.29, 0.717) is 11.5 Å². The lowest BCUT2D eigenvalue weighted by atomic mass is 9.68. The highest BCUT2D eigenvalue weighted by Gasteiger charge is 2.42. The monoisotopic (exact) mass is 520 g/mol. The van der Waals surface area contributed by atoms with Gasteiger partial charge in [-0.2, -0.15) is 22.0 Å². The predicted octanol–water partition coefficient (Wildman–Crippen LogP) is 9.35. The number of hydrogen-bond donors (Lipinski definition) is 0. The summed E-state index contributed by atoms with van der Waals surface area (Å²) in [6.07, 6.45) is -1.05. The van der Waals surface area contributed by atoms with Crippen LogP contribution in [0.4, 0.5) is 35.1 Å². The van der Waals surface area contributed by atoms with Crippen LogP contribution >= 0.6 is 0 Å². The second-order valence-corrected chi connectivity index (χ2v) is 10.3. The Morgan fingerprint density at radius 3 is 1.72 bits per heavy atom. The number of ether oxygens (including phenoxy) is 1. The summed E-state index contributed by atoms with van der Waals surface area (Å²) in [4.78, 5) is 0. The summed E-state index contributed by atoms with van der Waals surface area (Å²) in [5.41, 5.74) is -3.12. The topological polar surface area (TPSA) is 9.23 Å². The Morgan fingerprint density at radius 1 is 0.694 bits per heavy atom. The minimum Gasteiger partial charge on any atom is -0.426 e. The van der Waals surface area contributed by atoms with E-state index in [1.807, 2.05) is 0 Å². The van der Waals surface area contributed by atoms with Crippen molar-refractivity contribution in [1.29, 1.82) is 0 Å². The second kappa shape index (κ2) is 10.2. The van der Waals surface area contributed by atoms with E-state index in [4.69, 9.17) is 0 Å². The third-order valence-corrected chi connectivity index (χ3v) is 7.83. The van der Waals surface area contributed by atoms with Crippen molar-refractivity contribution in [3.8, 4) is 5.75 Å². The van der Waals surface area contributed by atoms with E-state index >= 15 is 0 Å². The van der Waals surface area contributed by atoms with Gasteiger partial charge in [0.2, 0.25) is 0 Å². The van der Waals surface area contributed by atoms with E-state index < -0.39 is 46.6 Å². The molecule has 198 valence electrons. The van der Waals surface area contributed by atoms with E-state index in [2.05, 4.69) is 11.7 Å². The first-order valence-corrected chi connectivity index (χ1v) is 12.3. The van der Waals surface area contributed by atoms with Gasteiger partial charge in [0.15, 0.2) is 11.6 Å². The van der Waals surface area contributed by atoms with Gasteiger partial charge in [0.25, 0.3) is 0 Å². The Bertz CT molecular complexity index is 1040. The van der Waals surface area contributed by atoms with E-state index in [1.165, 1.54) is 31.7 Å². The average Bonchev–Trinajstić information content (AvgIpc) is 2.79. The molecule has 0 amide bonds. The lowest BCUT2D eigenvalue weighted by Crippen LogP contribution is -2.25. The first-order chi connectivity index (χ1) is 16.8. The van der Waals surface area contributed by atoms with Crippen LogP contribution in [0, 0.1) is 35.2 Å². The lowest BCUT2D eigenvalue weighted by Gasteiger charge is -2.37. The Balaban J connectivity index is 1.42. The molecule has 2 aliphatic rings. The second-order valence-electron chi connectivity index (χ2n) is 10.3. The Kier molecular flexibility index (Phi) is 7.58. The van der Waals surface area contributed by atoms with E-state index in [1.54, 1.807) is 0 Å².